The van der Waals surface area contributed by atoms with Crippen molar-refractivity contribution in [3.8, 4) is 0 Å². The second kappa shape index (κ2) is 5.18. The summed E-state index contributed by atoms with van der Waals surface area (Å²) in [5.41, 5.74) is 1.64. The molecule has 2 nitrogen and oxygen atoms in total. The number of aliphatic hydroxyl groups is 1. The fourth-order valence-corrected chi connectivity index (χ4v) is 7.39. The Balaban J connectivity index is 1.71. The topological polar surface area (TPSA) is 37.3 Å². The molecule has 4 aliphatic carbocycles. The van der Waals surface area contributed by atoms with Gasteiger partial charge in [0.25, 0.3) is 0 Å². The standard InChI is InChI=1S/C21H32O2/c1-4-13-5-6-16-15-12-19(23)18-11-14(22)7-9-21(18,3)17(15)8-10-20(13,16)2/h11,13,15-17,19,23H,4-10,12H2,1-3H3. The zero-order valence-electron chi connectivity index (χ0n) is 15.0. The summed E-state index contributed by atoms with van der Waals surface area (Å²) in [5.74, 6) is 3.23. The van der Waals surface area contributed by atoms with E-state index in [1.165, 1.54) is 32.1 Å². The van der Waals surface area contributed by atoms with Crippen LogP contribution in [0, 0.1) is 34.5 Å². The lowest BCUT2D eigenvalue weighted by atomic mass is 9.46. The van der Waals surface area contributed by atoms with Crippen LogP contribution >= 0.6 is 0 Å². The van der Waals surface area contributed by atoms with E-state index in [1.54, 1.807) is 0 Å². The molecule has 0 aliphatic heterocycles. The summed E-state index contributed by atoms with van der Waals surface area (Å²) in [4.78, 5) is 11.9. The van der Waals surface area contributed by atoms with E-state index in [2.05, 4.69) is 20.8 Å². The Labute approximate surface area is 140 Å². The van der Waals surface area contributed by atoms with Crippen molar-refractivity contribution in [3.05, 3.63) is 11.6 Å². The molecule has 0 aromatic carbocycles. The van der Waals surface area contributed by atoms with Gasteiger partial charge in [-0.25, -0.2) is 0 Å². The third kappa shape index (κ3) is 2.06. The fraction of sp³-hybridized carbons (Fsp3) is 0.857. The highest BCUT2D eigenvalue weighted by molar-refractivity contribution is 5.91. The van der Waals surface area contributed by atoms with Crippen LogP contribution in [0.5, 0.6) is 0 Å². The van der Waals surface area contributed by atoms with Gasteiger partial charge in [0.15, 0.2) is 5.78 Å². The minimum atomic E-state index is -0.381. The molecular weight excluding hydrogens is 284 g/mol. The Kier molecular flexibility index (Phi) is 3.58. The van der Waals surface area contributed by atoms with Crippen LogP contribution in [0.2, 0.25) is 0 Å². The molecule has 3 fully saturated rings. The molecule has 0 heterocycles. The van der Waals surface area contributed by atoms with E-state index in [4.69, 9.17) is 0 Å². The lowest BCUT2D eigenvalue weighted by molar-refractivity contribution is -0.119. The van der Waals surface area contributed by atoms with Crippen LogP contribution in [0.4, 0.5) is 0 Å². The number of hydrogen-bond acceptors (Lipinski definition) is 2. The van der Waals surface area contributed by atoms with Gasteiger partial charge in [0.2, 0.25) is 0 Å². The molecule has 2 heteroatoms. The SMILES string of the molecule is CCC1CCC2C3CC(O)C4=CC(=O)CCC4(C)C3CCC12C. The summed E-state index contributed by atoms with van der Waals surface area (Å²) in [6.45, 7) is 7.24. The number of hydrogen-bond donors (Lipinski definition) is 1. The highest BCUT2D eigenvalue weighted by Gasteiger charge is 2.59. The molecule has 128 valence electrons. The predicted octanol–water partition coefficient (Wildman–Crippen LogP) is 4.52. The molecule has 0 amide bonds. The normalized spacial score (nSPS) is 52.4. The molecule has 1 N–H and O–H groups in total. The predicted molar refractivity (Wildman–Crippen MR) is 91.9 cm³/mol. The average molecular weight is 316 g/mol. The van der Waals surface area contributed by atoms with Crippen LogP contribution in [-0.2, 0) is 4.79 Å². The van der Waals surface area contributed by atoms with Gasteiger partial charge in [-0.1, -0.05) is 27.2 Å². The van der Waals surface area contributed by atoms with Crippen LogP contribution in [0.1, 0.15) is 72.1 Å². The molecule has 23 heavy (non-hydrogen) atoms. The summed E-state index contributed by atoms with van der Waals surface area (Å²) in [5, 5.41) is 10.8. The molecule has 7 unspecified atom stereocenters. The maximum Gasteiger partial charge on any atom is 0.155 e. The van der Waals surface area contributed by atoms with Crippen LogP contribution in [0.15, 0.2) is 11.6 Å². The first-order chi connectivity index (χ1) is 10.9. The molecule has 0 aromatic heterocycles. The summed E-state index contributed by atoms with van der Waals surface area (Å²) in [6, 6.07) is 0. The molecule has 4 aliphatic rings. The van der Waals surface area contributed by atoms with Gasteiger partial charge >= 0.3 is 0 Å². The molecule has 0 radical (unpaired) electrons. The summed E-state index contributed by atoms with van der Waals surface area (Å²) >= 11 is 0. The Hall–Kier alpha value is -0.630. The van der Waals surface area contributed by atoms with Crippen LogP contribution in [-0.4, -0.2) is 17.0 Å². The lowest BCUT2D eigenvalue weighted by Gasteiger charge is -2.59. The third-order valence-electron chi connectivity index (χ3n) is 8.67. The van der Waals surface area contributed by atoms with Crippen molar-refractivity contribution in [1.29, 1.82) is 0 Å². The van der Waals surface area contributed by atoms with Gasteiger partial charge in [-0.3, -0.25) is 4.79 Å². The van der Waals surface area contributed by atoms with Gasteiger partial charge in [-0.2, -0.15) is 0 Å². The Morgan fingerprint density at radius 1 is 1.17 bits per heavy atom. The highest BCUT2D eigenvalue weighted by atomic mass is 16.3. The van der Waals surface area contributed by atoms with Gasteiger partial charge in [-0.05, 0) is 84.7 Å². The van der Waals surface area contributed by atoms with Gasteiger partial charge in [0, 0.05) is 6.42 Å². The van der Waals surface area contributed by atoms with Crippen LogP contribution < -0.4 is 0 Å². The second-order valence-electron chi connectivity index (χ2n) is 9.34. The first-order valence-corrected chi connectivity index (χ1v) is 9.83. The van der Waals surface area contributed by atoms with Crippen molar-refractivity contribution in [1.82, 2.24) is 0 Å². The number of carbonyl (C=O) groups excluding carboxylic acids is 1. The number of aliphatic hydroxyl groups excluding tert-OH is 1. The largest absolute Gasteiger partial charge is 0.389 e. The average Bonchev–Trinajstić information content (AvgIpc) is 2.86. The van der Waals surface area contributed by atoms with E-state index in [0.29, 0.717) is 23.7 Å². The number of ketones is 1. The third-order valence-corrected chi connectivity index (χ3v) is 8.67. The summed E-state index contributed by atoms with van der Waals surface area (Å²) in [6.07, 6.45) is 10.7. The summed E-state index contributed by atoms with van der Waals surface area (Å²) < 4.78 is 0. The molecule has 7 atom stereocenters. The first kappa shape index (κ1) is 15.9. The maximum absolute atomic E-state index is 11.9. The maximum atomic E-state index is 11.9. The van der Waals surface area contributed by atoms with E-state index < -0.39 is 0 Å². The fourth-order valence-electron chi connectivity index (χ4n) is 7.39. The van der Waals surface area contributed by atoms with Crippen molar-refractivity contribution in [2.24, 2.45) is 34.5 Å². The number of carbonyl (C=O) groups is 1. The van der Waals surface area contributed by atoms with Gasteiger partial charge in [-0.15, -0.1) is 0 Å². The Bertz CT molecular complexity index is 550. The Morgan fingerprint density at radius 3 is 2.70 bits per heavy atom. The van der Waals surface area contributed by atoms with Gasteiger partial charge in [0.05, 0.1) is 6.10 Å². The van der Waals surface area contributed by atoms with Crippen molar-refractivity contribution in [2.75, 3.05) is 0 Å². The molecule has 0 aromatic rings. The monoisotopic (exact) mass is 316 g/mol. The molecule has 0 bridgehead atoms. The van der Waals surface area contributed by atoms with Gasteiger partial charge < -0.3 is 5.11 Å². The number of rotatable bonds is 1. The molecule has 3 saturated carbocycles. The van der Waals surface area contributed by atoms with Crippen molar-refractivity contribution >= 4 is 5.78 Å². The second-order valence-corrected chi connectivity index (χ2v) is 9.34. The molecular formula is C21H32O2. The quantitative estimate of drug-likeness (QED) is 0.772. The van der Waals surface area contributed by atoms with Crippen LogP contribution in [0.3, 0.4) is 0 Å². The summed E-state index contributed by atoms with van der Waals surface area (Å²) in [7, 11) is 0. The van der Waals surface area contributed by atoms with Crippen LogP contribution in [0.25, 0.3) is 0 Å². The van der Waals surface area contributed by atoms with E-state index in [1.807, 2.05) is 6.08 Å². The zero-order chi connectivity index (χ0) is 16.4. The molecule has 0 saturated heterocycles. The Morgan fingerprint density at radius 2 is 1.96 bits per heavy atom. The smallest absolute Gasteiger partial charge is 0.155 e. The highest BCUT2D eigenvalue weighted by Crippen LogP contribution is 2.66. The van der Waals surface area contributed by atoms with Gasteiger partial charge in [0.1, 0.15) is 0 Å². The minimum Gasteiger partial charge on any atom is -0.389 e. The molecule has 0 spiro atoms. The van der Waals surface area contributed by atoms with E-state index in [0.717, 1.165) is 30.3 Å². The lowest BCUT2D eigenvalue weighted by Crippen LogP contribution is -2.53. The van der Waals surface area contributed by atoms with Crippen molar-refractivity contribution < 1.29 is 9.90 Å². The minimum absolute atomic E-state index is 0.0713. The zero-order valence-corrected chi connectivity index (χ0v) is 15.0. The number of fused-ring (bicyclic) bond motifs is 5. The van der Waals surface area contributed by atoms with E-state index >= 15 is 0 Å². The first-order valence-electron chi connectivity index (χ1n) is 9.83. The molecule has 4 rings (SSSR count). The van der Waals surface area contributed by atoms with Crippen molar-refractivity contribution in [3.63, 3.8) is 0 Å². The van der Waals surface area contributed by atoms with E-state index in [-0.39, 0.29) is 17.3 Å². The van der Waals surface area contributed by atoms with E-state index in [9.17, 15) is 9.90 Å². The van der Waals surface area contributed by atoms with Crippen molar-refractivity contribution in [2.45, 2.75) is 78.2 Å².